The Morgan fingerprint density at radius 3 is 2.20 bits per heavy atom. The van der Waals surface area contributed by atoms with Gasteiger partial charge in [-0.15, -0.1) is 0 Å². The minimum Gasteiger partial charge on any atom is -0.493 e. The van der Waals surface area contributed by atoms with Crippen molar-refractivity contribution in [1.29, 1.82) is 0 Å². The molecule has 7 nitrogen and oxygen atoms in total. The number of hydrogen-bond acceptors (Lipinski definition) is 7. The zero-order valence-corrected chi connectivity index (χ0v) is 14.7. The van der Waals surface area contributed by atoms with Gasteiger partial charge in [-0.3, -0.25) is 5.43 Å². The lowest BCUT2D eigenvalue weighted by atomic mass is 10.1. The summed E-state index contributed by atoms with van der Waals surface area (Å²) in [5.74, 6) is 7.34. The fourth-order valence-corrected chi connectivity index (χ4v) is 2.78. The molecule has 0 amide bonds. The molecule has 0 unspecified atom stereocenters. The van der Waals surface area contributed by atoms with Crippen molar-refractivity contribution in [3.8, 4) is 28.5 Å². The Kier molecular flexibility index (Phi) is 4.78. The number of nitrogens with one attached hydrogen (secondary N) is 1. The van der Waals surface area contributed by atoms with Crippen LogP contribution in [0.4, 0.5) is 5.95 Å². The molecule has 0 saturated carbocycles. The van der Waals surface area contributed by atoms with Crippen molar-refractivity contribution in [2.75, 3.05) is 26.8 Å². The second-order valence-electron chi connectivity index (χ2n) is 5.12. The number of nitrogens with two attached hydrogens (primary N) is 1. The molecule has 0 atom stereocenters. The van der Waals surface area contributed by atoms with E-state index in [-0.39, 0.29) is 0 Å². The first kappa shape index (κ1) is 17.1. The molecule has 0 bridgehead atoms. The molecule has 0 aliphatic rings. The Balaban J connectivity index is 2.33. The van der Waals surface area contributed by atoms with E-state index < -0.39 is 0 Å². The van der Waals surface area contributed by atoms with Crippen molar-refractivity contribution in [3.63, 3.8) is 0 Å². The van der Waals surface area contributed by atoms with Gasteiger partial charge in [0.05, 0.1) is 32.5 Å². The number of methoxy groups -OCH3 is 3. The average molecular weight is 361 g/mol. The number of rotatable bonds is 5. The number of hydrogen-bond donors (Lipinski definition) is 2. The number of nitrogens with zero attached hydrogens (tertiary/aromatic N) is 2. The van der Waals surface area contributed by atoms with Crippen molar-refractivity contribution in [2.45, 2.75) is 0 Å². The molecule has 25 heavy (non-hydrogen) atoms. The second-order valence-corrected chi connectivity index (χ2v) is 5.55. The molecule has 3 N–H and O–H groups in total. The average Bonchev–Trinajstić information content (AvgIpc) is 2.65. The second kappa shape index (κ2) is 7.00. The zero-order valence-electron chi connectivity index (χ0n) is 14.0. The molecule has 0 fully saturated rings. The van der Waals surface area contributed by atoms with Crippen LogP contribution in [0.3, 0.4) is 0 Å². The van der Waals surface area contributed by atoms with Gasteiger partial charge in [-0.25, -0.2) is 15.8 Å². The molecule has 2 aromatic carbocycles. The molecule has 3 rings (SSSR count). The Morgan fingerprint density at radius 2 is 1.64 bits per heavy atom. The van der Waals surface area contributed by atoms with Gasteiger partial charge in [0.1, 0.15) is 0 Å². The van der Waals surface area contributed by atoms with E-state index in [2.05, 4.69) is 15.4 Å². The third-order valence-corrected chi connectivity index (χ3v) is 3.96. The summed E-state index contributed by atoms with van der Waals surface area (Å²) in [6, 6.07) is 8.99. The van der Waals surface area contributed by atoms with Gasteiger partial charge < -0.3 is 14.2 Å². The fraction of sp³-hybridized carbons (Fsp3) is 0.176. The molecule has 130 valence electrons. The minimum absolute atomic E-state index is 0.290. The summed E-state index contributed by atoms with van der Waals surface area (Å²) >= 11 is 6.15. The van der Waals surface area contributed by atoms with Crippen LogP contribution in [0.1, 0.15) is 0 Å². The Morgan fingerprint density at radius 1 is 0.960 bits per heavy atom. The van der Waals surface area contributed by atoms with Crippen LogP contribution in [0, 0.1) is 0 Å². The number of aromatic nitrogens is 2. The first-order valence-corrected chi connectivity index (χ1v) is 7.73. The highest BCUT2D eigenvalue weighted by molar-refractivity contribution is 6.31. The summed E-state index contributed by atoms with van der Waals surface area (Å²) in [4.78, 5) is 8.83. The number of benzene rings is 2. The summed E-state index contributed by atoms with van der Waals surface area (Å²) in [7, 11) is 4.67. The number of ether oxygens (including phenoxy) is 3. The normalized spacial score (nSPS) is 10.6. The molecule has 0 saturated heterocycles. The number of nitrogen functional groups attached to an aromatic ring is 1. The van der Waals surface area contributed by atoms with Crippen molar-refractivity contribution >= 4 is 28.5 Å². The van der Waals surface area contributed by atoms with Crippen LogP contribution in [-0.2, 0) is 0 Å². The maximum absolute atomic E-state index is 6.15. The summed E-state index contributed by atoms with van der Waals surface area (Å²) < 4.78 is 16.2. The molecular weight excluding hydrogens is 344 g/mol. The highest BCUT2D eigenvalue weighted by atomic mass is 35.5. The molecule has 0 radical (unpaired) electrons. The van der Waals surface area contributed by atoms with E-state index in [9.17, 15) is 0 Å². The van der Waals surface area contributed by atoms with Gasteiger partial charge >= 0.3 is 0 Å². The van der Waals surface area contributed by atoms with Crippen molar-refractivity contribution in [2.24, 2.45) is 5.84 Å². The molecule has 0 spiro atoms. The molecule has 8 heteroatoms. The Labute approximate surface area is 149 Å². The fourth-order valence-electron chi connectivity index (χ4n) is 2.60. The van der Waals surface area contributed by atoms with Crippen LogP contribution in [-0.4, -0.2) is 31.3 Å². The molecule has 1 aromatic heterocycles. The van der Waals surface area contributed by atoms with Gasteiger partial charge in [0, 0.05) is 16.0 Å². The smallest absolute Gasteiger partial charge is 0.238 e. The van der Waals surface area contributed by atoms with Gasteiger partial charge in [0.2, 0.25) is 11.7 Å². The number of hydrazine groups is 1. The van der Waals surface area contributed by atoms with E-state index in [0.29, 0.717) is 39.4 Å². The zero-order chi connectivity index (χ0) is 18.0. The van der Waals surface area contributed by atoms with E-state index in [1.165, 1.54) is 0 Å². The van der Waals surface area contributed by atoms with Gasteiger partial charge in [0.15, 0.2) is 11.5 Å². The van der Waals surface area contributed by atoms with Crippen molar-refractivity contribution in [1.82, 2.24) is 9.97 Å². The Bertz CT molecular complexity index is 908. The third-order valence-electron chi connectivity index (χ3n) is 3.73. The molecule has 1 heterocycles. The quantitative estimate of drug-likeness (QED) is 0.533. The van der Waals surface area contributed by atoms with Crippen LogP contribution in [0.15, 0.2) is 30.3 Å². The Hall–Kier alpha value is -2.77. The van der Waals surface area contributed by atoms with E-state index in [1.807, 2.05) is 18.2 Å². The maximum Gasteiger partial charge on any atom is 0.238 e. The summed E-state index contributed by atoms with van der Waals surface area (Å²) in [5.41, 5.74) is 4.58. The highest BCUT2D eigenvalue weighted by Crippen LogP contribution is 2.42. The van der Waals surface area contributed by atoms with Crippen LogP contribution in [0.5, 0.6) is 17.2 Å². The number of anilines is 1. The topological polar surface area (TPSA) is 91.5 Å². The van der Waals surface area contributed by atoms with E-state index in [1.54, 1.807) is 33.5 Å². The molecular formula is C17H17ClN4O3. The van der Waals surface area contributed by atoms with Crippen molar-refractivity contribution < 1.29 is 14.2 Å². The van der Waals surface area contributed by atoms with E-state index >= 15 is 0 Å². The lowest BCUT2D eigenvalue weighted by Gasteiger charge is -2.15. The SMILES string of the molecule is COc1cc(-c2nc(NN)nc3ccc(Cl)cc23)cc(OC)c1OC. The van der Waals surface area contributed by atoms with Gasteiger partial charge in [0.25, 0.3) is 0 Å². The molecule has 3 aromatic rings. The summed E-state index contributed by atoms with van der Waals surface area (Å²) in [6.07, 6.45) is 0. The largest absolute Gasteiger partial charge is 0.493 e. The third kappa shape index (κ3) is 3.11. The monoisotopic (exact) mass is 360 g/mol. The van der Waals surface area contributed by atoms with Crippen LogP contribution in [0.2, 0.25) is 5.02 Å². The lowest BCUT2D eigenvalue weighted by Crippen LogP contribution is -2.11. The molecule has 0 aliphatic heterocycles. The van der Waals surface area contributed by atoms with Crippen LogP contribution < -0.4 is 25.5 Å². The molecule has 0 aliphatic carbocycles. The predicted molar refractivity (Wildman–Crippen MR) is 97.5 cm³/mol. The van der Waals surface area contributed by atoms with Gasteiger partial charge in [-0.05, 0) is 30.3 Å². The van der Waals surface area contributed by atoms with Crippen molar-refractivity contribution in [3.05, 3.63) is 35.4 Å². The van der Waals surface area contributed by atoms with E-state index in [0.717, 1.165) is 10.9 Å². The summed E-state index contributed by atoms with van der Waals surface area (Å²) in [5, 5.41) is 1.36. The number of fused-ring (bicyclic) bond motifs is 1. The van der Waals surface area contributed by atoms with Crippen LogP contribution in [0.25, 0.3) is 22.2 Å². The first-order chi connectivity index (χ1) is 12.1. The first-order valence-electron chi connectivity index (χ1n) is 7.35. The van der Waals surface area contributed by atoms with Gasteiger partial charge in [-0.2, -0.15) is 0 Å². The number of halogens is 1. The lowest BCUT2D eigenvalue weighted by molar-refractivity contribution is 0.324. The summed E-state index contributed by atoms with van der Waals surface area (Å²) in [6.45, 7) is 0. The van der Waals surface area contributed by atoms with Crippen LogP contribution >= 0.6 is 11.6 Å². The standard InChI is InChI=1S/C17H17ClN4O3/c1-23-13-6-9(7-14(24-2)16(13)25-3)15-11-8-10(18)4-5-12(11)20-17(21-15)22-19/h4-8H,19H2,1-3H3,(H,20,21,22). The minimum atomic E-state index is 0.290. The highest BCUT2D eigenvalue weighted by Gasteiger charge is 2.17. The predicted octanol–water partition coefficient (Wildman–Crippen LogP) is 3.26. The van der Waals surface area contributed by atoms with Gasteiger partial charge in [-0.1, -0.05) is 11.6 Å². The maximum atomic E-state index is 6.15. The van der Waals surface area contributed by atoms with E-state index in [4.69, 9.17) is 31.7 Å².